The molecular weight excluding hydrogens is 218 g/mol. The average Bonchev–Trinajstić information content (AvgIpc) is 3.04. The lowest BCUT2D eigenvalue weighted by atomic mass is 10.1. The Balaban J connectivity index is 2.15. The standard InChI is InChI=1S/C12H19N3O2/c1-7-11(17-8(2)14-7)12(16)15(3)10(6-13)9-4-5-9/h9-10H,4-6,13H2,1-3H3. The molecule has 94 valence electrons. The summed E-state index contributed by atoms with van der Waals surface area (Å²) in [5.41, 5.74) is 6.38. The fraction of sp³-hybridized carbons (Fsp3) is 0.667. The molecule has 2 N–H and O–H groups in total. The van der Waals surface area contributed by atoms with E-state index in [0.717, 1.165) is 12.8 Å². The first-order valence-electron chi connectivity index (χ1n) is 5.95. The minimum absolute atomic E-state index is 0.118. The van der Waals surface area contributed by atoms with Gasteiger partial charge in [-0.2, -0.15) is 0 Å². The normalized spacial score (nSPS) is 16.9. The fourth-order valence-electron chi connectivity index (χ4n) is 2.19. The molecular formula is C12H19N3O2. The molecule has 0 spiro atoms. The van der Waals surface area contributed by atoms with Gasteiger partial charge >= 0.3 is 0 Å². The van der Waals surface area contributed by atoms with E-state index in [9.17, 15) is 4.79 Å². The van der Waals surface area contributed by atoms with Crippen LogP contribution in [-0.2, 0) is 0 Å². The van der Waals surface area contributed by atoms with Gasteiger partial charge in [0.1, 0.15) is 0 Å². The van der Waals surface area contributed by atoms with E-state index in [0.29, 0.717) is 29.8 Å². The number of rotatable bonds is 4. The third kappa shape index (κ3) is 2.34. The van der Waals surface area contributed by atoms with E-state index in [4.69, 9.17) is 10.2 Å². The predicted octanol–water partition coefficient (Wildman–Crippen LogP) is 1.10. The summed E-state index contributed by atoms with van der Waals surface area (Å²) in [6.45, 7) is 4.02. The number of carbonyl (C=O) groups is 1. The summed E-state index contributed by atoms with van der Waals surface area (Å²) in [4.78, 5) is 18.1. The molecule has 5 nitrogen and oxygen atoms in total. The zero-order valence-corrected chi connectivity index (χ0v) is 10.6. The van der Waals surface area contributed by atoms with Crippen molar-refractivity contribution in [2.24, 2.45) is 11.7 Å². The quantitative estimate of drug-likeness (QED) is 0.851. The second kappa shape index (κ2) is 4.49. The maximum atomic E-state index is 12.2. The zero-order chi connectivity index (χ0) is 12.6. The van der Waals surface area contributed by atoms with E-state index in [1.165, 1.54) is 0 Å². The molecule has 17 heavy (non-hydrogen) atoms. The van der Waals surface area contributed by atoms with Gasteiger partial charge in [0.15, 0.2) is 5.89 Å². The summed E-state index contributed by atoms with van der Waals surface area (Å²) >= 11 is 0. The number of aromatic nitrogens is 1. The van der Waals surface area contributed by atoms with E-state index in [2.05, 4.69) is 4.98 Å². The smallest absolute Gasteiger partial charge is 0.291 e. The van der Waals surface area contributed by atoms with Gasteiger partial charge in [0.2, 0.25) is 5.76 Å². The third-order valence-corrected chi connectivity index (χ3v) is 3.32. The summed E-state index contributed by atoms with van der Waals surface area (Å²) in [5.74, 6) is 1.29. The molecule has 1 aromatic heterocycles. The molecule has 0 bridgehead atoms. The summed E-state index contributed by atoms with van der Waals surface area (Å²) in [7, 11) is 1.79. The molecule has 0 aliphatic heterocycles. The van der Waals surface area contributed by atoms with Crippen molar-refractivity contribution in [1.82, 2.24) is 9.88 Å². The second-order valence-corrected chi connectivity index (χ2v) is 4.70. The molecule has 0 aromatic carbocycles. The van der Waals surface area contributed by atoms with Gasteiger partial charge in [-0.25, -0.2) is 4.98 Å². The summed E-state index contributed by atoms with van der Waals surface area (Å²) in [5, 5.41) is 0. The highest BCUT2D eigenvalue weighted by molar-refractivity contribution is 5.92. The molecule has 1 saturated carbocycles. The van der Waals surface area contributed by atoms with Crippen molar-refractivity contribution in [1.29, 1.82) is 0 Å². The molecule has 1 unspecified atom stereocenters. The molecule has 0 saturated heterocycles. The van der Waals surface area contributed by atoms with Gasteiger partial charge in [0.05, 0.1) is 5.69 Å². The Morgan fingerprint density at radius 1 is 1.59 bits per heavy atom. The van der Waals surface area contributed by atoms with E-state index < -0.39 is 0 Å². The summed E-state index contributed by atoms with van der Waals surface area (Å²) in [6.07, 6.45) is 2.32. The van der Waals surface area contributed by atoms with E-state index >= 15 is 0 Å². The van der Waals surface area contributed by atoms with Crippen LogP contribution in [0, 0.1) is 19.8 Å². The predicted molar refractivity (Wildman–Crippen MR) is 63.6 cm³/mol. The van der Waals surface area contributed by atoms with Crippen LogP contribution in [0.25, 0.3) is 0 Å². The van der Waals surface area contributed by atoms with Crippen LogP contribution in [0.2, 0.25) is 0 Å². The van der Waals surface area contributed by atoms with Crippen molar-refractivity contribution in [2.45, 2.75) is 32.7 Å². The highest BCUT2D eigenvalue weighted by Gasteiger charge is 2.36. The van der Waals surface area contributed by atoms with E-state index in [-0.39, 0.29) is 11.9 Å². The highest BCUT2D eigenvalue weighted by Crippen LogP contribution is 2.35. The van der Waals surface area contributed by atoms with E-state index in [1.54, 1.807) is 25.8 Å². The maximum Gasteiger partial charge on any atom is 0.291 e. The second-order valence-electron chi connectivity index (χ2n) is 4.70. The molecule has 1 heterocycles. The Kier molecular flexibility index (Phi) is 3.19. The highest BCUT2D eigenvalue weighted by atomic mass is 16.4. The van der Waals surface area contributed by atoms with Crippen LogP contribution in [0.15, 0.2) is 4.42 Å². The first-order chi connectivity index (χ1) is 8.04. The molecule has 5 heteroatoms. The van der Waals surface area contributed by atoms with E-state index in [1.807, 2.05) is 0 Å². The SMILES string of the molecule is Cc1nc(C)c(C(=O)N(C)C(CN)C2CC2)o1. The maximum absolute atomic E-state index is 12.2. The Bertz CT molecular complexity index is 423. The number of hydrogen-bond acceptors (Lipinski definition) is 4. The summed E-state index contributed by atoms with van der Waals surface area (Å²) < 4.78 is 5.35. The number of aryl methyl sites for hydroxylation is 2. The minimum atomic E-state index is -0.120. The van der Waals surface area contributed by atoms with Gasteiger partial charge < -0.3 is 15.1 Å². The Morgan fingerprint density at radius 3 is 2.65 bits per heavy atom. The molecule has 1 aliphatic carbocycles. The fourth-order valence-corrected chi connectivity index (χ4v) is 2.19. The van der Waals surface area contributed by atoms with Gasteiger partial charge in [0.25, 0.3) is 5.91 Å². The van der Waals surface area contributed by atoms with Gasteiger partial charge in [-0.15, -0.1) is 0 Å². The lowest BCUT2D eigenvalue weighted by molar-refractivity contribution is 0.0684. The number of carbonyl (C=O) groups excluding carboxylic acids is 1. The van der Waals surface area contributed by atoms with Gasteiger partial charge in [-0.3, -0.25) is 4.79 Å². The van der Waals surface area contributed by atoms with Crippen molar-refractivity contribution in [3.63, 3.8) is 0 Å². The van der Waals surface area contributed by atoms with Crippen LogP contribution in [0.4, 0.5) is 0 Å². The Hall–Kier alpha value is -1.36. The number of hydrogen-bond donors (Lipinski definition) is 1. The molecule has 1 aromatic rings. The lowest BCUT2D eigenvalue weighted by Crippen LogP contribution is -2.43. The van der Waals surface area contributed by atoms with Crippen LogP contribution in [-0.4, -0.2) is 35.4 Å². The molecule has 1 atom stereocenters. The van der Waals surface area contributed by atoms with Crippen LogP contribution in [0.1, 0.15) is 35.0 Å². The summed E-state index contributed by atoms with van der Waals surface area (Å²) in [6, 6.07) is 0.118. The van der Waals surface area contributed by atoms with Crippen LogP contribution < -0.4 is 5.73 Å². The monoisotopic (exact) mass is 237 g/mol. The number of nitrogens with zero attached hydrogens (tertiary/aromatic N) is 2. The molecule has 1 fully saturated rings. The Morgan fingerprint density at radius 2 is 2.24 bits per heavy atom. The molecule has 2 rings (SSSR count). The van der Waals surface area contributed by atoms with Crippen molar-refractivity contribution >= 4 is 5.91 Å². The Labute approximate surface area is 101 Å². The van der Waals surface area contributed by atoms with Crippen LogP contribution in [0.5, 0.6) is 0 Å². The molecule has 0 radical (unpaired) electrons. The van der Waals surface area contributed by atoms with Crippen molar-refractivity contribution in [3.05, 3.63) is 17.3 Å². The van der Waals surface area contributed by atoms with Crippen LogP contribution >= 0.6 is 0 Å². The lowest BCUT2D eigenvalue weighted by Gasteiger charge is -2.26. The van der Waals surface area contributed by atoms with Gasteiger partial charge in [-0.1, -0.05) is 0 Å². The number of nitrogens with two attached hydrogens (primary N) is 1. The van der Waals surface area contributed by atoms with Crippen molar-refractivity contribution in [3.8, 4) is 0 Å². The first kappa shape index (κ1) is 12.1. The topological polar surface area (TPSA) is 72.4 Å². The minimum Gasteiger partial charge on any atom is -0.436 e. The first-order valence-corrected chi connectivity index (χ1v) is 5.95. The molecule has 1 aliphatic rings. The average molecular weight is 237 g/mol. The van der Waals surface area contributed by atoms with Crippen LogP contribution in [0.3, 0.4) is 0 Å². The van der Waals surface area contributed by atoms with Crippen molar-refractivity contribution in [2.75, 3.05) is 13.6 Å². The van der Waals surface area contributed by atoms with Gasteiger partial charge in [0, 0.05) is 26.6 Å². The largest absolute Gasteiger partial charge is 0.436 e. The number of likely N-dealkylation sites (N-methyl/N-ethyl adjacent to an activating group) is 1. The number of oxazole rings is 1. The van der Waals surface area contributed by atoms with Gasteiger partial charge in [-0.05, 0) is 25.7 Å². The van der Waals surface area contributed by atoms with Crippen molar-refractivity contribution < 1.29 is 9.21 Å². The zero-order valence-electron chi connectivity index (χ0n) is 10.6. The molecule has 1 amide bonds. The third-order valence-electron chi connectivity index (χ3n) is 3.32. The number of amides is 1.